The minimum atomic E-state index is -4.46. The molecule has 8 nitrogen and oxygen atoms in total. The minimum Gasteiger partial charge on any atom is -0.382 e. The average molecular weight is 421 g/mol. The number of rotatable bonds is 3. The fourth-order valence-corrected chi connectivity index (χ4v) is 3.28. The maximum atomic E-state index is 12.9. The molecule has 0 radical (unpaired) electrons. The van der Waals surface area contributed by atoms with Crippen LogP contribution in [0.15, 0.2) is 29.3 Å². The van der Waals surface area contributed by atoms with E-state index in [0.29, 0.717) is 24.5 Å². The summed E-state index contributed by atoms with van der Waals surface area (Å²) in [6.07, 6.45) is -0.467. The Labute approximate surface area is 171 Å². The number of aliphatic imine (C=N–C) groups is 1. The molecule has 0 atom stereocenters. The molecule has 6 N–H and O–H groups in total. The smallest absolute Gasteiger partial charge is 0.382 e. The molecule has 3 rings (SSSR count). The lowest BCUT2D eigenvalue weighted by atomic mass is 10.1. The Morgan fingerprint density at radius 1 is 1.00 bits per heavy atom. The molecule has 160 valence electrons. The van der Waals surface area contributed by atoms with Gasteiger partial charge in [-0.3, -0.25) is 4.79 Å². The zero-order valence-corrected chi connectivity index (χ0v) is 16.1. The summed E-state index contributed by atoms with van der Waals surface area (Å²) in [5, 5.41) is 0. The molecule has 1 amide bonds. The van der Waals surface area contributed by atoms with Crippen LogP contribution < -0.4 is 22.1 Å². The van der Waals surface area contributed by atoms with E-state index in [4.69, 9.17) is 17.2 Å². The van der Waals surface area contributed by atoms with Crippen molar-refractivity contribution in [3.05, 3.63) is 35.5 Å². The van der Waals surface area contributed by atoms with Gasteiger partial charge in [0.25, 0.3) is 0 Å². The number of carbonyl (C=O) groups is 1. The largest absolute Gasteiger partial charge is 0.416 e. The van der Waals surface area contributed by atoms with Crippen LogP contribution in [0.1, 0.15) is 41.7 Å². The van der Waals surface area contributed by atoms with Crippen molar-refractivity contribution in [2.75, 3.05) is 23.7 Å². The fourth-order valence-electron chi connectivity index (χ4n) is 3.28. The number of aromatic nitrogens is 2. The molecule has 0 aliphatic carbocycles. The Morgan fingerprint density at radius 2 is 1.60 bits per heavy atom. The number of nitrogens with zero attached hydrogens (tertiary/aromatic N) is 4. The normalized spacial score (nSPS) is 14.8. The molecule has 2 heterocycles. The van der Waals surface area contributed by atoms with Crippen LogP contribution in [0.5, 0.6) is 0 Å². The second-order valence-corrected chi connectivity index (χ2v) is 6.95. The summed E-state index contributed by atoms with van der Waals surface area (Å²) in [6, 6.07) is 4.49. The summed E-state index contributed by atoms with van der Waals surface area (Å²) in [6.45, 7) is 1.39. The van der Waals surface area contributed by atoms with Gasteiger partial charge in [-0.05, 0) is 25.0 Å². The lowest BCUT2D eigenvalue weighted by molar-refractivity contribution is -0.137. The van der Waals surface area contributed by atoms with Gasteiger partial charge in [-0.2, -0.15) is 18.2 Å². The monoisotopic (exact) mass is 421 g/mol. The van der Waals surface area contributed by atoms with Gasteiger partial charge < -0.3 is 22.1 Å². The molecule has 0 saturated carbocycles. The summed E-state index contributed by atoms with van der Waals surface area (Å²) in [5.41, 5.74) is 16.0. The number of anilines is 2. The number of hydrogen-bond donors (Lipinski definition) is 3. The number of nitrogen functional groups attached to an aromatic ring is 1. The molecule has 1 saturated heterocycles. The van der Waals surface area contributed by atoms with E-state index in [0.717, 1.165) is 37.8 Å². The number of halogens is 3. The topological polar surface area (TPSA) is 137 Å². The molecule has 1 aromatic carbocycles. The third-order valence-corrected chi connectivity index (χ3v) is 4.73. The number of carbonyl (C=O) groups excluding carboxylic acids is 1. The molecule has 1 aliphatic heterocycles. The van der Waals surface area contributed by atoms with E-state index in [9.17, 15) is 18.0 Å². The number of nitrogens with two attached hydrogens (primary N) is 3. The van der Waals surface area contributed by atoms with Crippen molar-refractivity contribution in [1.29, 1.82) is 0 Å². The number of alkyl halides is 3. The van der Waals surface area contributed by atoms with E-state index in [1.165, 1.54) is 12.1 Å². The highest BCUT2D eigenvalue weighted by Gasteiger charge is 2.30. The first-order chi connectivity index (χ1) is 14.2. The van der Waals surface area contributed by atoms with Crippen LogP contribution in [-0.4, -0.2) is 34.9 Å². The number of benzene rings is 1. The van der Waals surface area contributed by atoms with Crippen molar-refractivity contribution < 1.29 is 18.0 Å². The zero-order valence-electron chi connectivity index (χ0n) is 16.1. The maximum Gasteiger partial charge on any atom is 0.416 e. The van der Waals surface area contributed by atoms with Crippen LogP contribution in [-0.2, 0) is 6.18 Å². The molecule has 30 heavy (non-hydrogen) atoms. The van der Waals surface area contributed by atoms with Crippen LogP contribution in [0.25, 0.3) is 11.3 Å². The predicted octanol–water partition coefficient (Wildman–Crippen LogP) is 2.54. The Hall–Kier alpha value is -3.37. The lowest BCUT2D eigenvalue weighted by Crippen LogP contribution is -2.27. The Bertz CT molecular complexity index is 946. The second-order valence-electron chi connectivity index (χ2n) is 6.95. The summed E-state index contributed by atoms with van der Waals surface area (Å²) in [7, 11) is 0. The zero-order chi connectivity index (χ0) is 21.9. The molecule has 0 unspecified atom stereocenters. The standard InChI is InChI=1S/C19H22F3N7O/c20-19(21,22)12-7-5-11(6-8-12)13-16(29-9-3-1-2-4-10-29)27-15(23)14(26-13)17(30)28-18(24)25/h5-8H,1-4,9-10H2,(H2,23,27)(H4,24,25,28,30). The molecule has 1 fully saturated rings. The Balaban J connectivity index is 2.13. The fraction of sp³-hybridized carbons (Fsp3) is 0.368. The van der Waals surface area contributed by atoms with Gasteiger partial charge >= 0.3 is 12.1 Å². The first-order valence-electron chi connectivity index (χ1n) is 9.41. The van der Waals surface area contributed by atoms with E-state index >= 15 is 0 Å². The Kier molecular flexibility index (Phi) is 6.09. The van der Waals surface area contributed by atoms with E-state index < -0.39 is 23.6 Å². The van der Waals surface area contributed by atoms with Crippen LogP contribution in [0, 0.1) is 0 Å². The third-order valence-electron chi connectivity index (χ3n) is 4.73. The molecule has 1 aromatic heterocycles. The Morgan fingerprint density at radius 3 is 2.13 bits per heavy atom. The van der Waals surface area contributed by atoms with Crippen molar-refractivity contribution in [2.24, 2.45) is 16.5 Å². The van der Waals surface area contributed by atoms with Gasteiger partial charge in [0.05, 0.1) is 5.56 Å². The van der Waals surface area contributed by atoms with E-state index in [1.54, 1.807) is 0 Å². The van der Waals surface area contributed by atoms with Crippen molar-refractivity contribution in [1.82, 2.24) is 9.97 Å². The first-order valence-corrected chi connectivity index (χ1v) is 9.41. The van der Waals surface area contributed by atoms with Gasteiger partial charge in [-0.1, -0.05) is 25.0 Å². The molecular formula is C19H22F3N7O. The van der Waals surface area contributed by atoms with E-state index in [2.05, 4.69) is 15.0 Å². The molecule has 0 spiro atoms. The van der Waals surface area contributed by atoms with Crippen LogP contribution >= 0.6 is 0 Å². The molecule has 1 aliphatic rings. The van der Waals surface area contributed by atoms with Crippen molar-refractivity contribution in [2.45, 2.75) is 31.9 Å². The highest BCUT2D eigenvalue weighted by molar-refractivity contribution is 6.04. The summed E-state index contributed by atoms with van der Waals surface area (Å²) < 4.78 is 38.8. The molecule has 11 heteroatoms. The number of guanidine groups is 1. The van der Waals surface area contributed by atoms with Crippen LogP contribution in [0.2, 0.25) is 0 Å². The summed E-state index contributed by atoms with van der Waals surface area (Å²) in [5.74, 6) is -1.08. The minimum absolute atomic E-state index is 0.153. The lowest BCUT2D eigenvalue weighted by Gasteiger charge is -2.24. The number of amides is 1. The first kappa shape index (κ1) is 21.3. The van der Waals surface area contributed by atoms with Gasteiger partial charge in [0.15, 0.2) is 23.3 Å². The highest BCUT2D eigenvalue weighted by Crippen LogP contribution is 2.34. The maximum absolute atomic E-state index is 12.9. The summed E-state index contributed by atoms with van der Waals surface area (Å²) >= 11 is 0. The van der Waals surface area contributed by atoms with E-state index in [1.807, 2.05) is 4.90 Å². The van der Waals surface area contributed by atoms with Crippen molar-refractivity contribution >= 4 is 23.5 Å². The van der Waals surface area contributed by atoms with Gasteiger partial charge in [0, 0.05) is 18.7 Å². The van der Waals surface area contributed by atoms with Gasteiger partial charge in [-0.25, -0.2) is 9.97 Å². The predicted molar refractivity (Wildman–Crippen MR) is 108 cm³/mol. The quantitative estimate of drug-likeness (QED) is 0.512. The van der Waals surface area contributed by atoms with Crippen LogP contribution in [0.4, 0.5) is 24.8 Å². The molecular weight excluding hydrogens is 399 g/mol. The van der Waals surface area contributed by atoms with Gasteiger partial charge in [-0.15, -0.1) is 0 Å². The summed E-state index contributed by atoms with van der Waals surface area (Å²) in [4.78, 5) is 26.4. The molecule has 0 bridgehead atoms. The van der Waals surface area contributed by atoms with Gasteiger partial charge in [0.2, 0.25) is 0 Å². The molecule has 2 aromatic rings. The van der Waals surface area contributed by atoms with Crippen molar-refractivity contribution in [3.8, 4) is 11.3 Å². The van der Waals surface area contributed by atoms with Crippen molar-refractivity contribution in [3.63, 3.8) is 0 Å². The SMILES string of the molecule is NC(N)=NC(=O)c1nc(-c2ccc(C(F)(F)F)cc2)c(N2CCCCCC2)nc1N. The van der Waals surface area contributed by atoms with Crippen LogP contribution in [0.3, 0.4) is 0 Å². The highest BCUT2D eigenvalue weighted by atomic mass is 19.4. The van der Waals surface area contributed by atoms with E-state index in [-0.39, 0.29) is 17.2 Å². The average Bonchev–Trinajstić information content (AvgIpc) is 2.96. The van der Waals surface area contributed by atoms with Gasteiger partial charge in [0.1, 0.15) is 5.69 Å². The second kappa shape index (κ2) is 8.56. The third kappa shape index (κ3) is 4.78. The number of hydrogen-bond acceptors (Lipinski definition) is 5.